The van der Waals surface area contributed by atoms with Crippen LogP contribution in [0.4, 0.5) is 18.0 Å². The largest absolute Gasteiger partial charge is 0.417 e. The Labute approximate surface area is 162 Å². The topological polar surface area (TPSA) is 115 Å². The second kappa shape index (κ2) is 7.67. The lowest BCUT2D eigenvalue weighted by molar-refractivity contribution is -0.138. The molecule has 0 spiro atoms. The number of aryl methyl sites for hydroxylation is 1. The highest BCUT2D eigenvalue weighted by Gasteiger charge is 2.47. The van der Waals surface area contributed by atoms with Crippen LogP contribution in [0.1, 0.15) is 37.1 Å². The van der Waals surface area contributed by atoms with Gasteiger partial charge in [0.05, 0.1) is 16.9 Å². The Hall–Kier alpha value is -2.81. The average Bonchev–Trinajstić information content (AvgIpc) is 2.82. The van der Waals surface area contributed by atoms with Gasteiger partial charge in [-0.05, 0) is 26.3 Å². The van der Waals surface area contributed by atoms with Crippen molar-refractivity contribution in [3.05, 3.63) is 22.9 Å². The summed E-state index contributed by atoms with van der Waals surface area (Å²) < 4.78 is 39.3. The maximum absolute atomic E-state index is 13.1. The summed E-state index contributed by atoms with van der Waals surface area (Å²) in [5, 5.41) is 11.8. The molecule has 1 fully saturated rings. The number of carbonyl (C=O) groups excluding carboxylic acids is 3. The summed E-state index contributed by atoms with van der Waals surface area (Å²) in [5.41, 5.74) is -0.835. The Balaban J connectivity index is 2.14. The zero-order valence-electron chi connectivity index (χ0n) is 15.1. The Morgan fingerprint density at radius 1 is 1.46 bits per heavy atom. The predicted molar refractivity (Wildman–Crippen MR) is 91.6 cm³/mol. The van der Waals surface area contributed by atoms with Crippen LogP contribution in [0.2, 0.25) is 0 Å². The van der Waals surface area contributed by atoms with Gasteiger partial charge < -0.3 is 5.32 Å². The number of carbonyl (C=O) groups is 3. The quantitative estimate of drug-likeness (QED) is 0.562. The first-order valence-electron chi connectivity index (χ1n) is 8.01. The van der Waals surface area contributed by atoms with Crippen LogP contribution in [0, 0.1) is 18.3 Å². The van der Waals surface area contributed by atoms with Crippen LogP contribution in [0.15, 0.2) is 11.1 Å². The molecule has 28 heavy (non-hydrogen) atoms. The van der Waals surface area contributed by atoms with E-state index in [9.17, 15) is 27.6 Å². The van der Waals surface area contributed by atoms with E-state index in [1.807, 2.05) is 0 Å². The van der Waals surface area contributed by atoms with Crippen LogP contribution in [0.25, 0.3) is 0 Å². The molecule has 0 bridgehead atoms. The molecule has 1 aromatic rings. The summed E-state index contributed by atoms with van der Waals surface area (Å²) >= 11 is 0.600. The molecule has 2 rings (SSSR count). The first-order valence-corrected chi connectivity index (χ1v) is 8.99. The minimum absolute atomic E-state index is 0.0297. The van der Waals surface area contributed by atoms with E-state index < -0.39 is 46.4 Å². The highest BCUT2D eigenvalue weighted by atomic mass is 32.2. The van der Waals surface area contributed by atoms with Gasteiger partial charge in [0.15, 0.2) is 0 Å². The van der Waals surface area contributed by atoms with E-state index in [2.05, 4.69) is 15.7 Å². The summed E-state index contributed by atoms with van der Waals surface area (Å²) in [6.07, 6.45) is -4.45. The standard InChI is InChI=1S/C16H16F3N5O3S/c1-4-15(3)13(26)24(14(27)22-15)23-11(25)7-28-12-9(6-20)10(16(17,18)19)5-8(2)21-12/h5H,4,7H2,1-3H3,(H,22,27)(H,23,25). The molecule has 1 aliphatic heterocycles. The number of hydrogen-bond acceptors (Lipinski definition) is 6. The summed E-state index contributed by atoms with van der Waals surface area (Å²) in [4.78, 5) is 40.1. The molecule has 0 saturated carbocycles. The molecular weight excluding hydrogens is 399 g/mol. The molecule has 0 aromatic carbocycles. The normalized spacial score (nSPS) is 19.4. The molecule has 4 amide bonds. The number of rotatable bonds is 5. The zero-order valence-corrected chi connectivity index (χ0v) is 15.9. The first kappa shape index (κ1) is 21.5. The lowest BCUT2D eigenvalue weighted by Gasteiger charge is -2.19. The minimum atomic E-state index is -4.75. The SMILES string of the molecule is CCC1(C)NC(=O)N(NC(=O)CSc2nc(C)cc(C(F)(F)F)c2C#N)C1=O. The second-order valence-corrected chi connectivity index (χ2v) is 7.14. The van der Waals surface area contributed by atoms with Gasteiger partial charge in [-0.1, -0.05) is 18.7 Å². The molecule has 0 radical (unpaired) electrons. The fourth-order valence-electron chi connectivity index (χ4n) is 2.40. The molecule has 1 atom stereocenters. The molecule has 8 nitrogen and oxygen atoms in total. The molecule has 1 aliphatic rings. The third-order valence-corrected chi connectivity index (χ3v) is 5.05. The number of halogens is 3. The smallest absolute Gasteiger partial charge is 0.322 e. The molecule has 2 heterocycles. The third kappa shape index (κ3) is 4.19. The number of alkyl halides is 3. The number of thioether (sulfide) groups is 1. The summed E-state index contributed by atoms with van der Waals surface area (Å²) in [5.74, 6) is -1.92. The molecule has 1 unspecified atom stereocenters. The molecule has 0 aliphatic carbocycles. The summed E-state index contributed by atoms with van der Waals surface area (Å²) in [6.45, 7) is 4.52. The van der Waals surface area contributed by atoms with Gasteiger partial charge in [-0.3, -0.25) is 15.0 Å². The Kier molecular flexibility index (Phi) is 5.88. The molecule has 150 valence electrons. The van der Waals surface area contributed by atoms with Crippen molar-refractivity contribution in [3.8, 4) is 6.07 Å². The Morgan fingerprint density at radius 3 is 2.61 bits per heavy atom. The fourth-order valence-corrected chi connectivity index (χ4v) is 3.24. The van der Waals surface area contributed by atoms with Gasteiger partial charge in [-0.15, -0.1) is 0 Å². The molecular formula is C16H16F3N5O3S. The molecule has 2 N–H and O–H groups in total. The number of imide groups is 1. The van der Waals surface area contributed by atoms with Crippen LogP contribution >= 0.6 is 11.8 Å². The van der Waals surface area contributed by atoms with Crippen LogP contribution in [-0.2, 0) is 15.8 Å². The second-order valence-electron chi connectivity index (χ2n) is 6.18. The maximum atomic E-state index is 13.1. The number of amides is 4. The van der Waals surface area contributed by atoms with E-state index in [-0.39, 0.29) is 10.7 Å². The van der Waals surface area contributed by atoms with Gasteiger partial charge in [-0.2, -0.15) is 23.4 Å². The van der Waals surface area contributed by atoms with Gasteiger partial charge in [0.1, 0.15) is 16.6 Å². The van der Waals surface area contributed by atoms with Crippen molar-refractivity contribution < 1.29 is 27.6 Å². The van der Waals surface area contributed by atoms with Crippen molar-refractivity contribution >= 4 is 29.6 Å². The van der Waals surface area contributed by atoms with Gasteiger partial charge in [0, 0.05) is 5.69 Å². The third-order valence-electron chi connectivity index (χ3n) is 4.08. The van der Waals surface area contributed by atoms with E-state index in [1.54, 1.807) is 6.92 Å². The highest BCUT2D eigenvalue weighted by Crippen LogP contribution is 2.35. The van der Waals surface area contributed by atoms with Crippen molar-refractivity contribution in [3.63, 3.8) is 0 Å². The number of hydrazine groups is 1. The van der Waals surface area contributed by atoms with E-state index in [0.29, 0.717) is 23.2 Å². The molecule has 12 heteroatoms. The van der Waals surface area contributed by atoms with Gasteiger partial charge in [0.25, 0.3) is 5.91 Å². The highest BCUT2D eigenvalue weighted by molar-refractivity contribution is 8.00. The van der Waals surface area contributed by atoms with Crippen LogP contribution in [0.5, 0.6) is 0 Å². The number of pyridine rings is 1. The van der Waals surface area contributed by atoms with Crippen molar-refractivity contribution in [2.45, 2.75) is 43.9 Å². The van der Waals surface area contributed by atoms with Crippen molar-refractivity contribution in [2.75, 3.05) is 5.75 Å². The summed E-state index contributed by atoms with van der Waals surface area (Å²) in [6, 6.07) is 1.41. The number of nitrogens with one attached hydrogen (secondary N) is 2. The van der Waals surface area contributed by atoms with Gasteiger partial charge >= 0.3 is 12.2 Å². The Bertz CT molecular complexity index is 884. The first-order chi connectivity index (χ1) is 12.9. The van der Waals surface area contributed by atoms with E-state index in [0.717, 1.165) is 6.07 Å². The fraction of sp³-hybridized carbons (Fsp3) is 0.438. The van der Waals surface area contributed by atoms with Gasteiger partial charge in [0.2, 0.25) is 5.91 Å². The van der Waals surface area contributed by atoms with Crippen LogP contribution in [0.3, 0.4) is 0 Å². The lowest BCUT2D eigenvalue weighted by atomic mass is 10.00. The lowest BCUT2D eigenvalue weighted by Crippen LogP contribution is -2.49. The predicted octanol–water partition coefficient (Wildman–Crippen LogP) is 2.12. The van der Waals surface area contributed by atoms with Crippen molar-refractivity contribution in [2.24, 2.45) is 0 Å². The van der Waals surface area contributed by atoms with Crippen LogP contribution in [-0.4, -0.2) is 39.1 Å². The monoisotopic (exact) mass is 415 g/mol. The van der Waals surface area contributed by atoms with Crippen molar-refractivity contribution in [1.29, 1.82) is 5.26 Å². The zero-order chi connectivity index (χ0) is 21.3. The maximum Gasteiger partial charge on any atom is 0.417 e. The molecule has 1 saturated heterocycles. The van der Waals surface area contributed by atoms with Gasteiger partial charge in [-0.25, -0.2) is 9.78 Å². The van der Waals surface area contributed by atoms with E-state index in [1.165, 1.54) is 19.9 Å². The van der Waals surface area contributed by atoms with Crippen molar-refractivity contribution in [1.82, 2.24) is 20.7 Å². The van der Waals surface area contributed by atoms with Crippen LogP contribution < -0.4 is 10.7 Å². The number of hydrogen-bond donors (Lipinski definition) is 2. The number of nitrogens with zero attached hydrogens (tertiary/aromatic N) is 3. The minimum Gasteiger partial charge on any atom is -0.322 e. The number of aromatic nitrogens is 1. The average molecular weight is 415 g/mol. The molecule has 1 aromatic heterocycles. The number of nitriles is 1. The number of urea groups is 1. The summed E-state index contributed by atoms with van der Waals surface area (Å²) in [7, 11) is 0. The van der Waals surface area contributed by atoms with E-state index >= 15 is 0 Å². The Morgan fingerprint density at radius 2 is 2.11 bits per heavy atom. The van der Waals surface area contributed by atoms with E-state index in [4.69, 9.17) is 5.26 Å².